The summed E-state index contributed by atoms with van der Waals surface area (Å²) in [6.45, 7) is 5.71. The third-order valence-corrected chi connectivity index (χ3v) is 7.71. The van der Waals surface area contributed by atoms with E-state index in [4.69, 9.17) is 0 Å². The van der Waals surface area contributed by atoms with Crippen molar-refractivity contribution in [3.63, 3.8) is 0 Å². The maximum Gasteiger partial charge on any atom is 0.243 e. The van der Waals surface area contributed by atoms with Crippen LogP contribution in [0.25, 0.3) is 0 Å². The second kappa shape index (κ2) is 14.2. The summed E-state index contributed by atoms with van der Waals surface area (Å²) in [5.41, 5.74) is 2.76. The molecule has 0 saturated heterocycles. The predicted molar refractivity (Wildman–Crippen MR) is 157 cm³/mol. The molecule has 0 heterocycles. The molecule has 3 aromatic carbocycles. The van der Waals surface area contributed by atoms with Gasteiger partial charge in [-0.15, -0.1) is 0 Å². The van der Waals surface area contributed by atoms with Crippen molar-refractivity contribution in [3.05, 3.63) is 101 Å². The first-order valence-electron chi connectivity index (χ1n) is 13.5. The summed E-state index contributed by atoms with van der Waals surface area (Å²) in [6.07, 6.45) is 1.29. The highest BCUT2D eigenvalue weighted by atomic mass is 32.2. The average Bonchev–Trinajstić information content (AvgIpc) is 2.90. The van der Waals surface area contributed by atoms with E-state index in [1.807, 2.05) is 75.4 Å². The van der Waals surface area contributed by atoms with Crippen LogP contribution in [0.4, 0.5) is 14.5 Å². The molecule has 0 saturated carbocycles. The van der Waals surface area contributed by atoms with Gasteiger partial charge in [0.25, 0.3) is 0 Å². The van der Waals surface area contributed by atoms with Crippen LogP contribution in [0, 0.1) is 18.6 Å². The summed E-state index contributed by atoms with van der Waals surface area (Å²) in [4.78, 5) is 28.8. The molecule has 1 atom stereocenters. The number of sulfonamides is 1. The van der Waals surface area contributed by atoms with Gasteiger partial charge in [-0.2, -0.15) is 0 Å². The summed E-state index contributed by atoms with van der Waals surface area (Å²) in [7, 11) is -3.85. The minimum absolute atomic E-state index is 0.0337. The van der Waals surface area contributed by atoms with E-state index in [2.05, 4.69) is 5.32 Å². The number of nitrogens with zero attached hydrogens (tertiary/aromatic N) is 2. The molecule has 1 N–H and O–H groups in total. The van der Waals surface area contributed by atoms with Gasteiger partial charge in [0, 0.05) is 38.0 Å². The average molecular weight is 586 g/mol. The number of rotatable bonds is 13. The van der Waals surface area contributed by atoms with Crippen molar-refractivity contribution in [3.8, 4) is 0 Å². The van der Waals surface area contributed by atoms with E-state index in [0.29, 0.717) is 6.42 Å². The van der Waals surface area contributed by atoms with Crippen LogP contribution in [0.3, 0.4) is 0 Å². The quantitative estimate of drug-likeness (QED) is 0.307. The minimum Gasteiger partial charge on any atom is -0.352 e. The fraction of sp³-hybridized carbons (Fsp3) is 0.355. The molecule has 0 aliphatic carbocycles. The lowest BCUT2D eigenvalue weighted by Crippen LogP contribution is -2.51. The normalized spacial score (nSPS) is 12.2. The molecule has 0 aliphatic heterocycles. The lowest BCUT2D eigenvalue weighted by molar-refractivity contribution is -0.141. The second-order valence-corrected chi connectivity index (χ2v) is 12.3. The van der Waals surface area contributed by atoms with E-state index in [0.717, 1.165) is 39.4 Å². The van der Waals surface area contributed by atoms with E-state index in [1.54, 1.807) is 0 Å². The van der Waals surface area contributed by atoms with Crippen LogP contribution in [0.2, 0.25) is 0 Å². The Balaban J connectivity index is 1.88. The van der Waals surface area contributed by atoms with Gasteiger partial charge >= 0.3 is 0 Å². The molecule has 0 spiro atoms. The number of hydrogen-bond donors (Lipinski definition) is 1. The van der Waals surface area contributed by atoms with Gasteiger partial charge in [0.1, 0.15) is 6.04 Å². The third kappa shape index (κ3) is 9.38. The van der Waals surface area contributed by atoms with Crippen molar-refractivity contribution in [2.24, 2.45) is 0 Å². The van der Waals surface area contributed by atoms with Crippen LogP contribution in [-0.2, 0) is 32.6 Å². The van der Waals surface area contributed by atoms with E-state index in [9.17, 15) is 26.8 Å². The van der Waals surface area contributed by atoms with Crippen LogP contribution in [-0.4, -0.2) is 50.0 Å². The van der Waals surface area contributed by atoms with Crippen LogP contribution in [0.1, 0.15) is 43.4 Å². The van der Waals surface area contributed by atoms with Gasteiger partial charge in [-0.1, -0.05) is 60.2 Å². The molecule has 0 aromatic heterocycles. The third-order valence-electron chi connectivity index (χ3n) is 6.52. The molecule has 0 bridgehead atoms. The second-order valence-electron chi connectivity index (χ2n) is 10.4. The maximum absolute atomic E-state index is 13.9. The van der Waals surface area contributed by atoms with Gasteiger partial charge in [0.05, 0.1) is 11.9 Å². The van der Waals surface area contributed by atoms with Crippen molar-refractivity contribution in [1.29, 1.82) is 0 Å². The number of amides is 2. The Hall–Kier alpha value is -3.79. The molecule has 0 unspecified atom stereocenters. The minimum atomic E-state index is -3.85. The molecule has 3 aromatic rings. The molecule has 3 rings (SSSR count). The Morgan fingerprint density at radius 2 is 1.56 bits per heavy atom. The SMILES string of the molecule is Cc1ccc(CN(C(=O)CCCN(c2ccc(F)c(F)c2)S(C)(=O)=O)[C@H](Cc2ccccc2)C(=O)NC(C)C)cc1. The first-order chi connectivity index (χ1) is 19.3. The van der Waals surface area contributed by atoms with Crippen LogP contribution >= 0.6 is 0 Å². The molecule has 2 amide bonds. The van der Waals surface area contributed by atoms with Crippen LogP contribution in [0.15, 0.2) is 72.8 Å². The summed E-state index contributed by atoms with van der Waals surface area (Å²) in [5, 5.41) is 2.93. The lowest BCUT2D eigenvalue weighted by atomic mass is 10.0. The van der Waals surface area contributed by atoms with Gasteiger partial charge in [-0.25, -0.2) is 17.2 Å². The Labute approximate surface area is 241 Å². The number of hydrogen-bond acceptors (Lipinski definition) is 4. The van der Waals surface area contributed by atoms with Gasteiger partial charge < -0.3 is 10.2 Å². The summed E-state index contributed by atoms with van der Waals surface area (Å²) >= 11 is 0. The summed E-state index contributed by atoms with van der Waals surface area (Å²) < 4.78 is 53.2. The zero-order chi connectivity index (χ0) is 30.2. The molecular formula is C31H37F2N3O4S. The molecular weight excluding hydrogens is 548 g/mol. The summed E-state index contributed by atoms with van der Waals surface area (Å²) in [5.74, 6) is -2.88. The molecule has 7 nitrogen and oxygen atoms in total. The standard InChI is InChI=1S/C31H37F2N3O4S/c1-22(2)34-31(38)29(19-24-9-6-5-7-10-24)35(21-25-14-12-23(3)13-15-25)30(37)11-8-18-36(41(4,39)40)26-16-17-27(32)28(33)20-26/h5-7,9-10,12-17,20,22,29H,8,11,18-19,21H2,1-4H3,(H,34,38)/t29-/m1/s1. The number of halogens is 2. The smallest absolute Gasteiger partial charge is 0.243 e. The number of carbonyl (C=O) groups is 2. The maximum atomic E-state index is 13.9. The van der Waals surface area contributed by atoms with Gasteiger partial charge in [0.15, 0.2) is 11.6 Å². The Kier molecular flexibility index (Phi) is 11.0. The van der Waals surface area contributed by atoms with Gasteiger partial charge in [0.2, 0.25) is 21.8 Å². The van der Waals surface area contributed by atoms with E-state index in [-0.39, 0.29) is 49.5 Å². The van der Waals surface area contributed by atoms with Crippen molar-refractivity contribution in [1.82, 2.24) is 10.2 Å². The fourth-order valence-electron chi connectivity index (χ4n) is 4.47. The van der Waals surface area contributed by atoms with Crippen LogP contribution < -0.4 is 9.62 Å². The lowest BCUT2D eigenvalue weighted by Gasteiger charge is -2.32. The largest absolute Gasteiger partial charge is 0.352 e. The molecule has 0 fully saturated rings. The molecule has 10 heteroatoms. The Bertz CT molecular complexity index is 1430. The number of nitrogens with one attached hydrogen (secondary N) is 1. The van der Waals surface area contributed by atoms with Crippen LogP contribution in [0.5, 0.6) is 0 Å². The Morgan fingerprint density at radius 1 is 0.902 bits per heavy atom. The molecule has 220 valence electrons. The molecule has 0 radical (unpaired) electrons. The van der Waals surface area contributed by atoms with Crippen molar-refractivity contribution in [2.45, 2.75) is 58.7 Å². The fourth-order valence-corrected chi connectivity index (χ4v) is 5.43. The first-order valence-corrected chi connectivity index (χ1v) is 15.3. The van der Waals surface area contributed by atoms with Crippen molar-refractivity contribution < 1.29 is 26.8 Å². The number of aryl methyl sites for hydroxylation is 1. The molecule has 0 aliphatic rings. The Morgan fingerprint density at radius 3 is 2.15 bits per heavy atom. The monoisotopic (exact) mass is 585 g/mol. The highest BCUT2D eigenvalue weighted by Gasteiger charge is 2.31. The number of carbonyl (C=O) groups excluding carboxylic acids is 2. The first kappa shape index (κ1) is 31.7. The zero-order valence-corrected chi connectivity index (χ0v) is 24.6. The highest BCUT2D eigenvalue weighted by molar-refractivity contribution is 7.92. The topological polar surface area (TPSA) is 86.8 Å². The predicted octanol–water partition coefficient (Wildman–Crippen LogP) is 4.98. The van der Waals surface area contributed by atoms with E-state index in [1.165, 1.54) is 11.0 Å². The van der Waals surface area contributed by atoms with Crippen molar-refractivity contribution >= 4 is 27.5 Å². The van der Waals surface area contributed by atoms with Gasteiger partial charge in [-0.3, -0.25) is 13.9 Å². The number of benzene rings is 3. The summed E-state index contributed by atoms with van der Waals surface area (Å²) in [6, 6.07) is 19.0. The molecule has 41 heavy (non-hydrogen) atoms. The zero-order valence-electron chi connectivity index (χ0n) is 23.8. The highest BCUT2D eigenvalue weighted by Crippen LogP contribution is 2.22. The van der Waals surface area contributed by atoms with Crippen molar-refractivity contribution in [2.75, 3.05) is 17.1 Å². The number of anilines is 1. The van der Waals surface area contributed by atoms with Gasteiger partial charge in [-0.05, 0) is 50.5 Å². The van der Waals surface area contributed by atoms with E-state index >= 15 is 0 Å². The van der Waals surface area contributed by atoms with E-state index < -0.39 is 27.7 Å².